The van der Waals surface area contributed by atoms with Gasteiger partial charge >= 0.3 is 0 Å². The molecule has 0 aromatic carbocycles. The molecule has 0 aromatic rings. The number of ether oxygens (including phenoxy) is 2. The molecule has 1 saturated heterocycles. The van der Waals surface area contributed by atoms with E-state index in [1.54, 1.807) is 0 Å². The van der Waals surface area contributed by atoms with Crippen molar-refractivity contribution in [2.45, 2.75) is 44.7 Å². The van der Waals surface area contributed by atoms with E-state index >= 15 is 0 Å². The van der Waals surface area contributed by atoms with Crippen LogP contribution in [-0.4, -0.2) is 18.5 Å². The highest BCUT2D eigenvalue weighted by atomic mass is 16.7. The number of hydrogen-bond acceptors (Lipinski definition) is 2. The predicted octanol–water partition coefficient (Wildman–Crippen LogP) is 1.30. The van der Waals surface area contributed by atoms with Crippen LogP contribution in [0, 0.1) is 0 Å². The normalized spacial score (nSPS) is 49.7. The van der Waals surface area contributed by atoms with Crippen molar-refractivity contribution < 1.29 is 9.47 Å². The SMILES string of the molecule is CC1OC2CCC[C@H]2O1. The third-order valence-corrected chi connectivity index (χ3v) is 2.12. The van der Waals surface area contributed by atoms with Crippen molar-refractivity contribution in [3.8, 4) is 0 Å². The maximum Gasteiger partial charge on any atom is 0.155 e. The number of hydrogen-bond donors (Lipinski definition) is 0. The first-order chi connectivity index (χ1) is 4.36. The summed E-state index contributed by atoms with van der Waals surface area (Å²) in [6, 6.07) is 0. The molecule has 0 amide bonds. The van der Waals surface area contributed by atoms with Gasteiger partial charge < -0.3 is 9.47 Å². The quantitative estimate of drug-likeness (QED) is 0.489. The average Bonchev–Trinajstić information content (AvgIpc) is 2.22. The second-order valence-electron chi connectivity index (χ2n) is 2.85. The molecule has 2 nitrogen and oxygen atoms in total. The zero-order chi connectivity index (χ0) is 6.27. The van der Waals surface area contributed by atoms with Gasteiger partial charge in [-0.3, -0.25) is 0 Å². The van der Waals surface area contributed by atoms with Crippen LogP contribution in [0.15, 0.2) is 0 Å². The van der Waals surface area contributed by atoms with Gasteiger partial charge in [-0.1, -0.05) is 0 Å². The van der Waals surface area contributed by atoms with Crippen molar-refractivity contribution in [1.29, 1.82) is 0 Å². The Hall–Kier alpha value is -0.0800. The van der Waals surface area contributed by atoms with Crippen LogP contribution in [0.4, 0.5) is 0 Å². The molecular weight excluding hydrogens is 116 g/mol. The van der Waals surface area contributed by atoms with E-state index in [0.717, 1.165) is 0 Å². The molecule has 1 aliphatic carbocycles. The van der Waals surface area contributed by atoms with Gasteiger partial charge in [0.2, 0.25) is 0 Å². The van der Waals surface area contributed by atoms with Crippen molar-refractivity contribution in [3.05, 3.63) is 0 Å². The highest BCUT2D eigenvalue weighted by Crippen LogP contribution is 2.32. The minimum Gasteiger partial charge on any atom is -0.347 e. The van der Waals surface area contributed by atoms with Crippen LogP contribution in [0.3, 0.4) is 0 Å². The Morgan fingerprint density at radius 3 is 2.22 bits per heavy atom. The van der Waals surface area contributed by atoms with E-state index in [-0.39, 0.29) is 6.29 Å². The standard InChI is InChI=1S/C7H12O2/c1-5-8-6-3-2-4-7(6)9-5/h5-7H,2-4H2,1H3/t5?,6-,7?/m1/s1. The summed E-state index contributed by atoms with van der Waals surface area (Å²) in [6.07, 6.45) is 4.60. The highest BCUT2D eigenvalue weighted by Gasteiger charge is 2.37. The summed E-state index contributed by atoms with van der Waals surface area (Å²) in [5.74, 6) is 0. The molecule has 0 N–H and O–H groups in total. The van der Waals surface area contributed by atoms with E-state index in [9.17, 15) is 0 Å². The largest absolute Gasteiger partial charge is 0.347 e. The summed E-state index contributed by atoms with van der Waals surface area (Å²) in [5, 5.41) is 0. The molecule has 2 rings (SSSR count). The van der Waals surface area contributed by atoms with E-state index in [1.807, 2.05) is 6.92 Å². The lowest BCUT2D eigenvalue weighted by Crippen LogP contribution is -2.13. The smallest absolute Gasteiger partial charge is 0.155 e. The van der Waals surface area contributed by atoms with Crippen LogP contribution in [0.5, 0.6) is 0 Å². The first kappa shape index (κ1) is 5.69. The van der Waals surface area contributed by atoms with Crippen molar-refractivity contribution in [1.82, 2.24) is 0 Å². The van der Waals surface area contributed by atoms with Crippen molar-refractivity contribution in [2.24, 2.45) is 0 Å². The first-order valence-corrected chi connectivity index (χ1v) is 3.67. The van der Waals surface area contributed by atoms with Crippen LogP contribution in [0.25, 0.3) is 0 Å². The second kappa shape index (κ2) is 1.96. The second-order valence-corrected chi connectivity index (χ2v) is 2.85. The molecule has 9 heavy (non-hydrogen) atoms. The molecule has 0 spiro atoms. The van der Waals surface area contributed by atoms with Crippen molar-refractivity contribution in [3.63, 3.8) is 0 Å². The van der Waals surface area contributed by atoms with Crippen LogP contribution in [0.1, 0.15) is 26.2 Å². The fraction of sp³-hybridized carbons (Fsp3) is 1.00. The molecule has 2 heteroatoms. The van der Waals surface area contributed by atoms with Crippen LogP contribution in [0.2, 0.25) is 0 Å². The summed E-state index contributed by atoms with van der Waals surface area (Å²) in [7, 11) is 0. The van der Waals surface area contributed by atoms with Gasteiger partial charge in [-0.15, -0.1) is 0 Å². The molecule has 1 saturated carbocycles. The molecule has 2 fully saturated rings. The molecule has 3 atom stereocenters. The van der Waals surface area contributed by atoms with Crippen molar-refractivity contribution in [2.75, 3.05) is 0 Å². The minimum absolute atomic E-state index is 0.0558. The Balaban J connectivity index is 2.02. The van der Waals surface area contributed by atoms with Gasteiger partial charge in [-0.2, -0.15) is 0 Å². The molecule has 0 radical (unpaired) electrons. The van der Waals surface area contributed by atoms with Gasteiger partial charge in [0, 0.05) is 0 Å². The minimum atomic E-state index is 0.0558. The maximum absolute atomic E-state index is 5.46. The van der Waals surface area contributed by atoms with Gasteiger partial charge in [0.05, 0.1) is 12.2 Å². The zero-order valence-electron chi connectivity index (χ0n) is 5.67. The third kappa shape index (κ3) is 0.864. The van der Waals surface area contributed by atoms with E-state index < -0.39 is 0 Å². The topological polar surface area (TPSA) is 18.5 Å². The molecule has 1 aliphatic heterocycles. The summed E-state index contributed by atoms with van der Waals surface area (Å²) in [4.78, 5) is 0. The van der Waals surface area contributed by atoms with Gasteiger partial charge in [0.25, 0.3) is 0 Å². The Bertz CT molecular complexity index is 101. The number of fused-ring (bicyclic) bond motifs is 1. The number of rotatable bonds is 0. The lowest BCUT2D eigenvalue weighted by molar-refractivity contribution is -0.0574. The first-order valence-electron chi connectivity index (χ1n) is 3.67. The summed E-state index contributed by atoms with van der Waals surface area (Å²) in [5.41, 5.74) is 0. The van der Waals surface area contributed by atoms with E-state index in [1.165, 1.54) is 19.3 Å². The fourth-order valence-electron chi connectivity index (χ4n) is 1.73. The van der Waals surface area contributed by atoms with Gasteiger partial charge in [-0.25, -0.2) is 0 Å². The molecule has 2 unspecified atom stereocenters. The Kier molecular flexibility index (Phi) is 1.24. The zero-order valence-corrected chi connectivity index (χ0v) is 5.67. The Morgan fingerprint density at radius 1 is 1.11 bits per heavy atom. The monoisotopic (exact) mass is 128 g/mol. The lowest BCUT2D eigenvalue weighted by atomic mass is 10.3. The summed E-state index contributed by atoms with van der Waals surface area (Å²) >= 11 is 0. The Morgan fingerprint density at radius 2 is 1.67 bits per heavy atom. The maximum atomic E-state index is 5.46. The van der Waals surface area contributed by atoms with Crippen LogP contribution < -0.4 is 0 Å². The molecule has 1 heterocycles. The summed E-state index contributed by atoms with van der Waals surface area (Å²) in [6.45, 7) is 1.97. The van der Waals surface area contributed by atoms with E-state index in [4.69, 9.17) is 9.47 Å². The predicted molar refractivity (Wildman–Crippen MR) is 33.1 cm³/mol. The average molecular weight is 128 g/mol. The highest BCUT2D eigenvalue weighted by molar-refractivity contribution is 4.82. The van der Waals surface area contributed by atoms with Crippen LogP contribution in [-0.2, 0) is 9.47 Å². The lowest BCUT2D eigenvalue weighted by Gasteiger charge is -2.02. The summed E-state index contributed by atoms with van der Waals surface area (Å²) < 4.78 is 10.9. The molecular formula is C7H12O2. The van der Waals surface area contributed by atoms with E-state index in [0.29, 0.717) is 12.2 Å². The molecule has 0 bridgehead atoms. The molecule has 0 aromatic heterocycles. The molecule has 52 valence electrons. The van der Waals surface area contributed by atoms with E-state index in [2.05, 4.69) is 0 Å². The fourth-order valence-corrected chi connectivity index (χ4v) is 1.73. The van der Waals surface area contributed by atoms with Gasteiger partial charge in [0.15, 0.2) is 6.29 Å². The van der Waals surface area contributed by atoms with Crippen molar-refractivity contribution >= 4 is 0 Å². The molecule has 2 aliphatic rings. The third-order valence-electron chi connectivity index (χ3n) is 2.12. The van der Waals surface area contributed by atoms with Gasteiger partial charge in [0.1, 0.15) is 0 Å². The Labute approximate surface area is 55.1 Å². The van der Waals surface area contributed by atoms with Gasteiger partial charge in [-0.05, 0) is 26.2 Å². The van der Waals surface area contributed by atoms with Crippen LogP contribution >= 0.6 is 0 Å².